The van der Waals surface area contributed by atoms with Gasteiger partial charge in [-0.05, 0) is 32.1 Å². The normalized spacial score (nSPS) is 13.2. The molecule has 284 valence electrons. The maximum atomic E-state index is 12.3. The van der Waals surface area contributed by atoms with Gasteiger partial charge in [0.2, 0.25) is 5.91 Å². The van der Waals surface area contributed by atoms with Gasteiger partial charge in [-0.2, -0.15) is 0 Å². The molecule has 48 heavy (non-hydrogen) atoms. The van der Waals surface area contributed by atoms with Gasteiger partial charge in [0.1, 0.15) is 0 Å². The average molecular weight is 676 g/mol. The zero-order valence-corrected chi connectivity index (χ0v) is 32.5. The number of allylic oxidation sites excluding steroid dienone is 3. The number of hydrogen-bond acceptors (Lipinski definition) is 3. The zero-order chi connectivity index (χ0) is 35.0. The van der Waals surface area contributed by atoms with Crippen molar-refractivity contribution in [2.75, 3.05) is 6.61 Å². The summed E-state index contributed by atoms with van der Waals surface area (Å²) in [7, 11) is 0. The van der Waals surface area contributed by atoms with E-state index in [0.717, 1.165) is 32.1 Å². The van der Waals surface area contributed by atoms with Crippen LogP contribution in [0.15, 0.2) is 24.3 Å². The first-order valence-corrected chi connectivity index (χ1v) is 21.6. The lowest BCUT2D eigenvalue weighted by molar-refractivity contribution is -0.123. The van der Waals surface area contributed by atoms with E-state index in [-0.39, 0.29) is 12.5 Å². The van der Waals surface area contributed by atoms with Crippen molar-refractivity contribution >= 4 is 5.91 Å². The number of unbranched alkanes of at least 4 members (excludes halogenated alkanes) is 30. The van der Waals surface area contributed by atoms with E-state index < -0.39 is 12.1 Å². The molecule has 0 bridgehead atoms. The van der Waals surface area contributed by atoms with Crippen LogP contribution in [0.4, 0.5) is 0 Å². The summed E-state index contributed by atoms with van der Waals surface area (Å²) in [6, 6.07) is -0.633. The fourth-order valence-corrected chi connectivity index (χ4v) is 6.61. The number of nitrogens with one attached hydrogen (secondary N) is 1. The van der Waals surface area contributed by atoms with Crippen LogP contribution in [0.2, 0.25) is 0 Å². The van der Waals surface area contributed by atoms with E-state index >= 15 is 0 Å². The Morgan fingerprint density at radius 2 is 0.812 bits per heavy atom. The van der Waals surface area contributed by atoms with Gasteiger partial charge in [0.05, 0.1) is 18.8 Å². The summed E-state index contributed by atoms with van der Waals surface area (Å²) in [6.07, 6.45) is 51.4. The molecule has 3 N–H and O–H groups in total. The summed E-state index contributed by atoms with van der Waals surface area (Å²) >= 11 is 0. The van der Waals surface area contributed by atoms with Crippen LogP contribution in [0.1, 0.15) is 232 Å². The Labute approximate surface area is 300 Å². The van der Waals surface area contributed by atoms with Gasteiger partial charge in [-0.3, -0.25) is 4.79 Å². The minimum atomic E-state index is -0.857. The number of rotatable bonds is 39. The summed E-state index contributed by atoms with van der Waals surface area (Å²) < 4.78 is 0. The van der Waals surface area contributed by atoms with Gasteiger partial charge in [0.25, 0.3) is 0 Å². The predicted molar refractivity (Wildman–Crippen MR) is 212 cm³/mol. The third-order valence-electron chi connectivity index (χ3n) is 9.94. The van der Waals surface area contributed by atoms with Crippen molar-refractivity contribution in [2.24, 2.45) is 0 Å². The van der Waals surface area contributed by atoms with Crippen molar-refractivity contribution < 1.29 is 15.0 Å². The molecule has 0 rings (SSSR count). The monoisotopic (exact) mass is 676 g/mol. The van der Waals surface area contributed by atoms with Gasteiger partial charge in [0, 0.05) is 6.42 Å². The highest BCUT2D eigenvalue weighted by Gasteiger charge is 2.17. The predicted octanol–water partition coefficient (Wildman–Crippen LogP) is 13.2. The SMILES string of the molecule is CCCCCCCCCCCCCCCCCC/C=C/CC/C=C/C(O)C(CO)NC(=O)CCCCCCCCCCCCCCCC. The third-order valence-corrected chi connectivity index (χ3v) is 9.94. The van der Waals surface area contributed by atoms with Crippen LogP contribution >= 0.6 is 0 Å². The molecule has 2 unspecified atom stereocenters. The fourth-order valence-electron chi connectivity index (χ4n) is 6.61. The summed E-state index contributed by atoms with van der Waals surface area (Å²) in [5.41, 5.74) is 0. The zero-order valence-electron chi connectivity index (χ0n) is 32.5. The van der Waals surface area contributed by atoms with E-state index in [4.69, 9.17) is 0 Å². The molecule has 0 spiro atoms. The van der Waals surface area contributed by atoms with E-state index in [1.54, 1.807) is 6.08 Å². The second kappa shape index (κ2) is 40.3. The largest absolute Gasteiger partial charge is 0.394 e. The molecule has 0 aromatic heterocycles. The number of aliphatic hydroxyl groups excluding tert-OH is 2. The Bertz CT molecular complexity index is 691. The standard InChI is InChI=1S/C44H85NO3/c1-3-5-7-9-11-13-15-17-19-20-21-22-23-24-25-26-27-29-31-33-35-37-39-43(47)42(41-46)45-44(48)40-38-36-34-32-30-28-18-16-14-12-10-8-6-4-2/h29,31,37,39,42-43,46-47H,3-28,30,32-36,38,40-41H2,1-2H3,(H,45,48)/b31-29+,39-37+. The lowest BCUT2D eigenvalue weighted by atomic mass is 10.0. The first-order chi connectivity index (χ1) is 23.7. The molecule has 1 amide bonds. The van der Waals surface area contributed by atoms with Crippen LogP contribution in [0.25, 0.3) is 0 Å². The van der Waals surface area contributed by atoms with Crippen LogP contribution in [-0.4, -0.2) is 34.9 Å². The average Bonchev–Trinajstić information content (AvgIpc) is 3.09. The Hall–Kier alpha value is -1.13. The smallest absolute Gasteiger partial charge is 0.220 e. The topological polar surface area (TPSA) is 69.6 Å². The van der Waals surface area contributed by atoms with Gasteiger partial charge in [-0.25, -0.2) is 0 Å². The molecule has 2 atom stereocenters. The lowest BCUT2D eigenvalue weighted by Gasteiger charge is -2.19. The molecule has 0 saturated heterocycles. The lowest BCUT2D eigenvalue weighted by Crippen LogP contribution is -2.45. The molecular weight excluding hydrogens is 590 g/mol. The number of amides is 1. The quantitative estimate of drug-likeness (QED) is 0.0448. The minimum Gasteiger partial charge on any atom is -0.394 e. The van der Waals surface area contributed by atoms with Crippen molar-refractivity contribution in [3.8, 4) is 0 Å². The molecule has 0 saturated carbocycles. The highest BCUT2D eigenvalue weighted by Crippen LogP contribution is 2.15. The second-order valence-corrected chi connectivity index (χ2v) is 14.8. The van der Waals surface area contributed by atoms with Crippen molar-refractivity contribution in [3.05, 3.63) is 24.3 Å². The molecule has 0 heterocycles. The Kier molecular flexibility index (Phi) is 39.4. The second-order valence-electron chi connectivity index (χ2n) is 14.8. The molecule has 0 aromatic rings. The summed E-state index contributed by atoms with van der Waals surface area (Å²) in [4.78, 5) is 12.3. The molecule has 4 heteroatoms. The van der Waals surface area contributed by atoms with Crippen molar-refractivity contribution in [2.45, 2.75) is 244 Å². The molecule has 0 aliphatic heterocycles. The number of carbonyl (C=O) groups excluding carboxylic acids is 1. The molecule has 0 aliphatic carbocycles. The summed E-state index contributed by atoms with van der Waals surface area (Å²) in [6.45, 7) is 4.31. The van der Waals surface area contributed by atoms with Gasteiger partial charge in [-0.1, -0.05) is 218 Å². The molecule has 0 fully saturated rings. The minimum absolute atomic E-state index is 0.0718. The van der Waals surface area contributed by atoms with E-state index in [1.807, 2.05) is 6.08 Å². The van der Waals surface area contributed by atoms with Crippen LogP contribution < -0.4 is 5.32 Å². The highest BCUT2D eigenvalue weighted by molar-refractivity contribution is 5.76. The molecule has 0 aromatic carbocycles. The molecule has 4 nitrogen and oxygen atoms in total. The molecule has 0 radical (unpaired) electrons. The maximum Gasteiger partial charge on any atom is 0.220 e. The van der Waals surface area contributed by atoms with Gasteiger partial charge in [0.15, 0.2) is 0 Å². The van der Waals surface area contributed by atoms with E-state index in [1.165, 1.54) is 180 Å². The third kappa shape index (κ3) is 36.2. The Balaban J connectivity index is 3.58. The first kappa shape index (κ1) is 46.9. The van der Waals surface area contributed by atoms with Crippen LogP contribution in [0, 0.1) is 0 Å². The van der Waals surface area contributed by atoms with E-state index in [9.17, 15) is 15.0 Å². The number of aliphatic hydroxyl groups is 2. The number of hydrogen-bond donors (Lipinski definition) is 3. The van der Waals surface area contributed by atoms with Gasteiger partial charge in [-0.15, -0.1) is 0 Å². The van der Waals surface area contributed by atoms with Crippen molar-refractivity contribution in [1.29, 1.82) is 0 Å². The molecular formula is C44H85NO3. The number of carbonyl (C=O) groups is 1. The van der Waals surface area contributed by atoms with Crippen LogP contribution in [0.3, 0.4) is 0 Å². The van der Waals surface area contributed by atoms with Crippen LogP contribution in [-0.2, 0) is 4.79 Å². The Morgan fingerprint density at radius 1 is 0.479 bits per heavy atom. The fraction of sp³-hybridized carbons (Fsp3) is 0.886. The van der Waals surface area contributed by atoms with Crippen LogP contribution in [0.5, 0.6) is 0 Å². The summed E-state index contributed by atoms with van der Waals surface area (Å²) in [5.74, 6) is -0.0718. The first-order valence-electron chi connectivity index (χ1n) is 21.6. The Morgan fingerprint density at radius 3 is 1.21 bits per heavy atom. The van der Waals surface area contributed by atoms with Crippen molar-refractivity contribution in [3.63, 3.8) is 0 Å². The van der Waals surface area contributed by atoms with E-state index in [2.05, 4.69) is 31.3 Å². The molecule has 0 aliphatic rings. The van der Waals surface area contributed by atoms with Gasteiger partial charge >= 0.3 is 0 Å². The van der Waals surface area contributed by atoms with E-state index in [0.29, 0.717) is 6.42 Å². The summed E-state index contributed by atoms with van der Waals surface area (Å²) in [5, 5.41) is 23.0. The van der Waals surface area contributed by atoms with Crippen molar-refractivity contribution in [1.82, 2.24) is 5.32 Å². The highest BCUT2D eigenvalue weighted by atomic mass is 16.3. The maximum absolute atomic E-state index is 12.3. The van der Waals surface area contributed by atoms with Gasteiger partial charge < -0.3 is 15.5 Å².